The van der Waals surface area contributed by atoms with Gasteiger partial charge in [0, 0.05) is 28.0 Å². The summed E-state index contributed by atoms with van der Waals surface area (Å²) in [5.41, 5.74) is 4.73. The molecule has 0 heterocycles. The number of nitrogens with zero attached hydrogens (tertiary/aromatic N) is 4. The number of halogens is 6. The van der Waals surface area contributed by atoms with E-state index in [4.69, 9.17) is 0 Å². The van der Waals surface area contributed by atoms with Gasteiger partial charge in [-0.3, -0.25) is 0 Å². The average molecular weight is 607 g/mol. The van der Waals surface area contributed by atoms with Gasteiger partial charge in [-0.1, -0.05) is 43.3 Å². The molecule has 4 aromatic rings. The van der Waals surface area contributed by atoms with Crippen LogP contribution in [0.25, 0.3) is 27.8 Å². The van der Waals surface area contributed by atoms with E-state index in [1.165, 1.54) is 0 Å². The van der Waals surface area contributed by atoms with Crippen LogP contribution in [0.1, 0.15) is 29.2 Å². The van der Waals surface area contributed by atoms with Crippen LogP contribution in [-0.4, -0.2) is 11.4 Å². The summed E-state index contributed by atoms with van der Waals surface area (Å²) in [7, 11) is 0. The minimum atomic E-state index is -1.58. The maximum atomic E-state index is 14.0. The maximum absolute atomic E-state index is 14.0. The van der Waals surface area contributed by atoms with Gasteiger partial charge in [-0.25, -0.2) is 26.3 Å². The van der Waals surface area contributed by atoms with Gasteiger partial charge in [0.2, 0.25) is 12.4 Å². The van der Waals surface area contributed by atoms with Crippen molar-refractivity contribution in [3.8, 4) is 34.6 Å². The van der Waals surface area contributed by atoms with Crippen LogP contribution in [0.3, 0.4) is 0 Å². The Kier molecular flexibility index (Phi) is 6.17. The second-order valence-electron chi connectivity index (χ2n) is 11.1. The topological polar surface area (TPSA) is 72.3 Å². The molecule has 0 saturated heterocycles. The molecule has 0 aromatic heterocycles. The fourth-order valence-electron chi connectivity index (χ4n) is 6.61. The lowest BCUT2D eigenvalue weighted by molar-refractivity contribution is 0.447. The Bertz CT molecular complexity index is 2190. The van der Waals surface area contributed by atoms with E-state index in [-0.39, 0.29) is 11.1 Å². The van der Waals surface area contributed by atoms with Crippen LogP contribution in [-0.2, 0) is 5.41 Å². The van der Waals surface area contributed by atoms with Gasteiger partial charge < -0.3 is 0 Å². The third kappa shape index (κ3) is 4.06. The summed E-state index contributed by atoms with van der Waals surface area (Å²) in [6, 6.07) is 13.6. The fourth-order valence-corrected chi connectivity index (χ4v) is 6.61. The molecule has 1 unspecified atom stereocenters. The summed E-state index contributed by atoms with van der Waals surface area (Å²) in [6.07, 6.45) is 7.51. The molecule has 4 aromatic carbocycles. The quantitative estimate of drug-likeness (QED) is 0.131. The van der Waals surface area contributed by atoms with Gasteiger partial charge in [0.15, 0.2) is 34.9 Å². The smallest absolute Gasteiger partial charge is 0.204 e. The molecular weight excluding hydrogens is 590 g/mol. The highest BCUT2D eigenvalue weighted by atomic mass is 19.2. The molecule has 7 rings (SSSR count). The normalized spacial score (nSPS) is 21.0. The number of fused-ring (bicyclic) bond motifs is 6. The van der Waals surface area contributed by atoms with Crippen LogP contribution in [0.15, 0.2) is 88.4 Å². The molecule has 0 saturated carbocycles. The molecule has 3 aliphatic carbocycles. The molecule has 0 radical (unpaired) electrons. The van der Waals surface area contributed by atoms with Gasteiger partial charge >= 0.3 is 0 Å². The third-order valence-electron chi connectivity index (χ3n) is 8.67. The van der Waals surface area contributed by atoms with Crippen LogP contribution < -0.4 is 0 Å². The van der Waals surface area contributed by atoms with E-state index in [9.17, 15) is 36.9 Å². The van der Waals surface area contributed by atoms with E-state index in [1.807, 2.05) is 31.5 Å². The van der Waals surface area contributed by atoms with Crippen molar-refractivity contribution in [3.63, 3.8) is 0 Å². The van der Waals surface area contributed by atoms with Gasteiger partial charge in [-0.15, -0.1) is 0 Å². The number of allylic oxidation sites excluding steroid dienone is 4. The van der Waals surface area contributed by atoms with Crippen molar-refractivity contribution in [2.24, 2.45) is 15.9 Å². The molecule has 0 amide bonds. The van der Waals surface area contributed by atoms with Crippen LogP contribution in [0.4, 0.5) is 26.3 Å². The summed E-state index contributed by atoms with van der Waals surface area (Å²) in [6.45, 7) is 1.93. The first-order valence-electron chi connectivity index (χ1n) is 13.5. The monoisotopic (exact) mass is 606 g/mol. The Morgan fingerprint density at radius 2 is 1.16 bits per heavy atom. The molecule has 0 bridgehead atoms. The number of aliphatic imine (C=N–C) groups is 2. The lowest BCUT2D eigenvalue weighted by Crippen LogP contribution is -2.30. The van der Waals surface area contributed by atoms with Crippen molar-refractivity contribution in [3.05, 3.63) is 136 Å². The van der Waals surface area contributed by atoms with Gasteiger partial charge in [-0.05, 0) is 75.4 Å². The molecule has 0 N–H and O–H groups in total. The Morgan fingerprint density at radius 1 is 0.622 bits per heavy atom. The van der Waals surface area contributed by atoms with Crippen molar-refractivity contribution in [1.29, 1.82) is 10.5 Å². The van der Waals surface area contributed by atoms with E-state index in [0.29, 0.717) is 50.4 Å². The summed E-state index contributed by atoms with van der Waals surface area (Å²) in [5.74, 6) is -8.97. The molecule has 218 valence electrons. The van der Waals surface area contributed by atoms with Crippen molar-refractivity contribution < 1.29 is 26.3 Å². The van der Waals surface area contributed by atoms with E-state index < -0.39 is 46.2 Å². The largest absolute Gasteiger partial charge is 0.206 e. The number of rotatable bonds is 2. The lowest BCUT2D eigenvalue weighted by atomic mass is 9.70. The van der Waals surface area contributed by atoms with E-state index in [0.717, 1.165) is 29.8 Å². The van der Waals surface area contributed by atoms with Gasteiger partial charge in [0.1, 0.15) is 0 Å². The summed E-state index contributed by atoms with van der Waals surface area (Å²) >= 11 is 0. The molecule has 0 aliphatic heterocycles. The zero-order valence-corrected chi connectivity index (χ0v) is 23.1. The lowest BCUT2D eigenvalue weighted by Gasteiger charge is -2.32. The van der Waals surface area contributed by atoms with Crippen LogP contribution >= 0.6 is 0 Å². The molecule has 2 atom stereocenters. The van der Waals surface area contributed by atoms with E-state index in [1.54, 1.807) is 36.4 Å². The number of nitriles is 2. The second kappa shape index (κ2) is 9.90. The van der Waals surface area contributed by atoms with Crippen LogP contribution in [0.5, 0.6) is 0 Å². The van der Waals surface area contributed by atoms with Crippen LogP contribution in [0, 0.1) is 63.7 Å². The molecule has 10 heteroatoms. The molecule has 0 fully saturated rings. The van der Waals surface area contributed by atoms with Gasteiger partial charge in [-0.2, -0.15) is 20.5 Å². The molecule has 4 nitrogen and oxygen atoms in total. The van der Waals surface area contributed by atoms with Crippen molar-refractivity contribution in [1.82, 2.24) is 0 Å². The summed E-state index contributed by atoms with van der Waals surface area (Å²) in [5, 5.41) is 19.2. The van der Waals surface area contributed by atoms with Crippen molar-refractivity contribution in [2.45, 2.75) is 12.3 Å². The van der Waals surface area contributed by atoms with Crippen LogP contribution in [0.2, 0.25) is 0 Å². The van der Waals surface area contributed by atoms with Gasteiger partial charge in [0.25, 0.3) is 0 Å². The zero-order chi connectivity index (χ0) is 31.8. The number of benzene rings is 4. The summed E-state index contributed by atoms with van der Waals surface area (Å²) < 4.78 is 83.4. The van der Waals surface area contributed by atoms with Crippen molar-refractivity contribution >= 4 is 17.0 Å². The Morgan fingerprint density at radius 3 is 1.71 bits per heavy atom. The first kappa shape index (κ1) is 28.1. The fraction of sp³-hybridized carbons (Fsp3) is 0.0857. The zero-order valence-electron chi connectivity index (χ0n) is 23.1. The first-order chi connectivity index (χ1) is 21.5. The second-order valence-corrected chi connectivity index (χ2v) is 11.1. The van der Waals surface area contributed by atoms with E-state index in [2.05, 4.69) is 9.98 Å². The number of hydrogen-bond donors (Lipinski definition) is 0. The summed E-state index contributed by atoms with van der Waals surface area (Å²) in [4.78, 5) is 8.23. The van der Waals surface area contributed by atoms with Crippen molar-refractivity contribution in [2.75, 3.05) is 0 Å². The number of hydrogen-bond acceptors (Lipinski definition) is 4. The minimum Gasteiger partial charge on any atom is -0.204 e. The predicted octanol–water partition coefficient (Wildman–Crippen LogP) is 8.32. The Labute approximate surface area is 252 Å². The van der Waals surface area contributed by atoms with Gasteiger partial charge in [0.05, 0.1) is 11.4 Å². The SMILES string of the molecule is C[C@@]12C=C3C(=CC1/C(=N/C#N)c1cc(-c4cc(F)c(F)c(F)c4)ccc12)c1ccc(-c2cc(F)c(F)c(F)c2)cc1/C3=N\C#N. The molecular formula is C35H16F6N4. The Balaban J connectivity index is 1.38. The molecule has 45 heavy (non-hydrogen) atoms. The standard InChI is InChI=1S/C35H16F6N4/c1-35-13-24-21(20-4-2-16(6-22(20)33(24)44-14-42)18-8-27(36)31(40)28(37)9-18)12-26(35)34(45-15-43)23-7-17(3-5-25(23)35)19-10-29(38)32(41)30(39)11-19/h2-13,26H,1H3/b44-33+,45-34+/t26?,35-/m0/s1. The predicted molar refractivity (Wildman–Crippen MR) is 155 cm³/mol. The maximum Gasteiger partial charge on any atom is 0.206 e. The molecule has 3 aliphatic rings. The Hall–Kier alpha value is -5.74. The first-order valence-corrected chi connectivity index (χ1v) is 13.5. The highest BCUT2D eigenvalue weighted by molar-refractivity contribution is 6.31. The van der Waals surface area contributed by atoms with E-state index >= 15 is 0 Å². The molecule has 0 spiro atoms. The highest BCUT2D eigenvalue weighted by Crippen LogP contribution is 2.54. The third-order valence-corrected chi connectivity index (χ3v) is 8.67. The highest BCUT2D eigenvalue weighted by Gasteiger charge is 2.49. The minimum absolute atomic E-state index is 0.0984. The average Bonchev–Trinajstić information content (AvgIpc) is 3.44.